The van der Waals surface area contributed by atoms with E-state index in [1.165, 1.54) is 25.7 Å². The van der Waals surface area contributed by atoms with Gasteiger partial charge in [-0.1, -0.05) is 46.5 Å². The van der Waals surface area contributed by atoms with Gasteiger partial charge in [-0.3, -0.25) is 4.99 Å². The van der Waals surface area contributed by atoms with Crippen LogP contribution in [0.3, 0.4) is 0 Å². The summed E-state index contributed by atoms with van der Waals surface area (Å²) in [6.07, 6.45) is 5.06. The Bertz CT molecular complexity index is 664. The molecule has 3 unspecified atom stereocenters. The largest absolute Gasteiger partial charge is 0.507 e. The SMILES string of the molecule is CCCCCC(C)C(C)c1cc(O)c2c(c1)OC(C)(C)CC2=NCC(C)O. The van der Waals surface area contributed by atoms with E-state index >= 15 is 0 Å². The van der Waals surface area contributed by atoms with Gasteiger partial charge in [-0.25, -0.2) is 0 Å². The average molecular weight is 376 g/mol. The van der Waals surface area contributed by atoms with Gasteiger partial charge in [-0.05, 0) is 50.3 Å². The van der Waals surface area contributed by atoms with Gasteiger partial charge in [0.05, 0.1) is 23.9 Å². The highest BCUT2D eigenvalue weighted by atomic mass is 16.5. The molecule has 1 aliphatic rings. The molecule has 2 N–H and O–H groups in total. The Labute approximate surface area is 164 Å². The molecular weight excluding hydrogens is 338 g/mol. The molecule has 1 aromatic rings. The minimum atomic E-state index is -0.502. The number of phenols is 1. The van der Waals surface area contributed by atoms with E-state index < -0.39 is 6.10 Å². The maximum absolute atomic E-state index is 10.8. The zero-order chi connectivity index (χ0) is 20.2. The van der Waals surface area contributed by atoms with Gasteiger partial charge in [-0.2, -0.15) is 0 Å². The summed E-state index contributed by atoms with van der Waals surface area (Å²) in [5.41, 5.74) is 2.23. The summed E-state index contributed by atoms with van der Waals surface area (Å²) in [4.78, 5) is 4.57. The zero-order valence-electron chi connectivity index (χ0n) is 17.9. The minimum Gasteiger partial charge on any atom is -0.507 e. The van der Waals surface area contributed by atoms with Gasteiger partial charge >= 0.3 is 0 Å². The second kappa shape index (κ2) is 9.09. The van der Waals surface area contributed by atoms with Crippen LogP contribution in [0.4, 0.5) is 0 Å². The van der Waals surface area contributed by atoms with Crippen LogP contribution in [0, 0.1) is 5.92 Å². The molecule has 27 heavy (non-hydrogen) atoms. The lowest BCUT2D eigenvalue weighted by molar-refractivity contribution is 0.110. The Hall–Kier alpha value is -1.55. The number of phenolic OH excluding ortho intramolecular Hbond substituents is 1. The van der Waals surface area contributed by atoms with Crippen LogP contribution >= 0.6 is 0 Å². The third kappa shape index (κ3) is 5.71. The predicted octanol–water partition coefficient (Wildman–Crippen LogP) is 5.44. The average Bonchev–Trinajstić information content (AvgIpc) is 2.57. The number of aliphatic hydroxyl groups excluding tert-OH is 1. The lowest BCUT2D eigenvalue weighted by Crippen LogP contribution is -2.36. The van der Waals surface area contributed by atoms with Crippen molar-refractivity contribution in [2.24, 2.45) is 10.9 Å². The molecular formula is C23H37NO3. The quantitative estimate of drug-likeness (QED) is 0.594. The summed E-state index contributed by atoms with van der Waals surface area (Å²) in [6, 6.07) is 3.95. The molecule has 4 heteroatoms. The first kappa shape index (κ1) is 21.7. The summed E-state index contributed by atoms with van der Waals surface area (Å²) in [5.74, 6) is 1.84. The fraction of sp³-hybridized carbons (Fsp3) is 0.696. The molecule has 3 atom stereocenters. The number of hydrogen-bond acceptors (Lipinski definition) is 4. The van der Waals surface area contributed by atoms with Gasteiger partial charge in [0.25, 0.3) is 0 Å². The van der Waals surface area contributed by atoms with E-state index in [0.717, 1.165) is 11.3 Å². The molecule has 0 fully saturated rings. The highest BCUT2D eigenvalue weighted by molar-refractivity contribution is 6.06. The molecule has 1 heterocycles. The van der Waals surface area contributed by atoms with Crippen molar-refractivity contribution in [1.82, 2.24) is 0 Å². The number of aliphatic imine (C=N–C) groups is 1. The fourth-order valence-corrected chi connectivity index (χ4v) is 3.75. The zero-order valence-corrected chi connectivity index (χ0v) is 17.9. The molecule has 0 radical (unpaired) electrons. The molecule has 4 nitrogen and oxygen atoms in total. The summed E-state index contributed by atoms with van der Waals surface area (Å²) >= 11 is 0. The molecule has 1 aromatic carbocycles. The van der Waals surface area contributed by atoms with Crippen molar-refractivity contribution in [3.8, 4) is 11.5 Å². The van der Waals surface area contributed by atoms with E-state index in [-0.39, 0.29) is 11.4 Å². The first-order chi connectivity index (χ1) is 12.6. The Morgan fingerprint density at radius 2 is 1.89 bits per heavy atom. The van der Waals surface area contributed by atoms with Crippen LogP contribution in [0.1, 0.15) is 90.7 Å². The van der Waals surface area contributed by atoms with Crippen LogP contribution in [-0.4, -0.2) is 34.2 Å². The van der Waals surface area contributed by atoms with Gasteiger partial charge in [0, 0.05) is 6.42 Å². The van der Waals surface area contributed by atoms with E-state index in [9.17, 15) is 10.2 Å². The maximum Gasteiger partial charge on any atom is 0.133 e. The lowest BCUT2D eigenvalue weighted by atomic mass is 9.83. The van der Waals surface area contributed by atoms with Crippen LogP contribution in [0.5, 0.6) is 11.5 Å². The van der Waals surface area contributed by atoms with E-state index in [0.29, 0.717) is 36.1 Å². The van der Waals surface area contributed by atoms with Gasteiger partial charge in [-0.15, -0.1) is 0 Å². The van der Waals surface area contributed by atoms with Crippen molar-refractivity contribution in [3.05, 3.63) is 23.3 Å². The van der Waals surface area contributed by atoms with E-state index in [1.54, 1.807) is 6.92 Å². The van der Waals surface area contributed by atoms with Gasteiger partial charge in [0.2, 0.25) is 0 Å². The number of unbranched alkanes of at least 4 members (excludes halogenated alkanes) is 2. The molecule has 0 spiro atoms. The maximum atomic E-state index is 10.8. The van der Waals surface area contributed by atoms with E-state index in [2.05, 4.69) is 31.8 Å². The van der Waals surface area contributed by atoms with Crippen LogP contribution < -0.4 is 4.74 Å². The normalized spacial score (nSPS) is 20.6. The van der Waals surface area contributed by atoms with Crippen molar-refractivity contribution >= 4 is 5.71 Å². The van der Waals surface area contributed by atoms with Gasteiger partial charge < -0.3 is 14.9 Å². The molecule has 0 amide bonds. The second-order valence-corrected chi connectivity index (χ2v) is 8.85. The summed E-state index contributed by atoms with van der Waals surface area (Å²) < 4.78 is 6.20. The number of benzene rings is 1. The highest BCUT2D eigenvalue weighted by Gasteiger charge is 2.34. The van der Waals surface area contributed by atoms with Crippen LogP contribution in [0.15, 0.2) is 17.1 Å². The molecule has 0 aliphatic carbocycles. The molecule has 0 bridgehead atoms. The number of hydrogen-bond donors (Lipinski definition) is 2. The molecule has 1 aliphatic heterocycles. The first-order valence-electron chi connectivity index (χ1n) is 10.4. The minimum absolute atomic E-state index is 0.231. The van der Waals surface area contributed by atoms with E-state index in [1.807, 2.05) is 19.9 Å². The molecule has 0 saturated carbocycles. The van der Waals surface area contributed by atoms with Crippen molar-refractivity contribution in [2.45, 2.75) is 91.3 Å². The summed E-state index contributed by atoms with van der Waals surface area (Å²) in [7, 11) is 0. The predicted molar refractivity (Wildman–Crippen MR) is 112 cm³/mol. The fourth-order valence-electron chi connectivity index (χ4n) is 3.75. The third-order valence-electron chi connectivity index (χ3n) is 5.56. The van der Waals surface area contributed by atoms with Gasteiger partial charge in [0.1, 0.15) is 17.1 Å². The Balaban J connectivity index is 2.33. The number of fused-ring (bicyclic) bond motifs is 1. The third-order valence-corrected chi connectivity index (χ3v) is 5.56. The first-order valence-corrected chi connectivity index (χ1v) is 10.4. The molecule has 0 saturated heterocycles. The van der Waals surface area contributed by atoms with Crippen molar-refractivity contribution in [3.63, 3.8) is 0 Å². The van der Waals surface area contributed by atoms with Crippen LogP contribution in [0.25, 0.3) is 0 Å². The number of aromatic hydroxyl groups is 1. The van der Waals surface area contributed by atoms with E-state index in [4.69, 9.17) is 4.74 Å². The second-order valence-electron chi connectivity index (χ2n) is 8.85. The highest BCUT2D eigenvalue weighted by Crippen LogP contribution is 2.42. The number of rotatable bonds is 8. The smallest absolute Gasteiger partial charge is 0.133 e. The van der Waals surface area contributed by atoms with Crippen LogP contribution in [0.2, 0.25) is 0 Å². The Morgan fingerprint density at radius 1 is 1.19 bits per heavy atom. The number of nitrogens with zero attached hydrogens (tertiary/aromatic N) is 1. The Morgan fingerprint density at radius 3 is 2.52 bits per heavy atom. The van der Waals surface area contributed by atoms with Crippen LogP contribution in [-0.2, 0) is 0 Å². The molecule has 152 valence electrons. The number of aliphatic hydroxyl groups is 1. The monoisotopic (exact) mass is 375 g/mol. The standard InChI is InChI=1S/C23H37NO3/c1-7-8-9-10-15(2)17(4)18-11-20(26)22-19(24-14-16(3)25)13-23(5,6)27-21(22)12-18/h11-12,15-17,25-26H,7-10,13-14H2,1-6H3. The topological polar surface area (TPSA) is 62.0 Å². The lowest BCUT2D eigenvalue weighted by Gasteiger charge is -2.35. The van der Waals surface area contributed by atoms with Crippen molar-refractivity contribution < 1.29 is 14.9 Å². The Kier molecular flexibility index (Phi) is 7.32. The molecule has 2 rings (SSSR count). The van der Waals surface area contributed by atoms with Crippen molar-refractivity contribution in [2.75, 3.05) is 6.54 Å². The number of ether oxygens (including phenoxy) is 1. The molecule has 0 aromatic heterocycles. The summed E-state index contributed by atoms with van der Waals surface area (Å²) in [6.45, 7) is 12.9. The van der Waals surface area contributed by atoms with Crippen molar-refractivity contribution in [1.29, 1.82) is 0 Å². The van der Waals surface area contributed by atoms with Gasteiger partial charge in [0.15, 0.2) is 0 Å². The summed E-state index contributed by atoms with van der Waals surface area (Å²) in [5, 5.41) is 20.4.